The molecule has 1 heteroatoms. The maximum atomic E-state index is 2.40. The number of para-hydroxylation sites is 1. The van der Waals surface area contributed by atoms with Crippen LogP contribution >= 0.6 is 0 Å². The molecule has 10 aromatic rings. The molecule has 0 unspecified atom stereocenters. The molecule has 1 aliphatic carbocycles. The molecule has 0 aromatic heterocycles. The van der Waals surface area contributed by atoms with Crippen LogP contribution in [-0.4, -0.2) is 0 Å². The number of benzene rings is 10. The molecule has 0 N–H and O–H groups in total. The molecule has 1 nitrogen and oxygen atoms in total. The standard InChI is InChI=1S/C61H45N/c1-61(2)58-27-10-8-24-56(58)57-26-14-25-55(60(57)61)45-33-37-53(38-34-45)62(59-28-11-9-23-54(59)44-16-4-3-5-17-44)52-35-31-43(32-36-52)47-19-12-20-48(39-47)49-21-13-22-50(41-49)51-30-29-42-15-6-7-18-46(42)40-51/h3-41H,1-2H3. The topological polar surface area (TPSA) is 3.24 Å². The van der Waals surface area contributed by atoms with Gasteiger partial charge in [0.2, 0.25) is 0 Å². The molecule has 62 heavy (non-hydrogen) atoms. The lowest BCUT2D eigenvalue weighted by molar-refractivity contribution is 0.662. The van der Waals surface area contributed by atoms with Crippen molar-refractivity contribution in [3.63, 3.8) is 0 Å². The van der Waals surface area contributed by atoms with Crippen LogP contribution in [0.2, 0.25) is 0 Å². The van der Waals surface area contributed by atoms with Gasteiger partial charge in [-0.1, -0.05) is 202 Å². The number of nitrogens with zero attached hydrogens (tertiary/aromatic N) is 1. The first-order valence-corrected chi connectivity index (χ1v) is 21.6. The van der Waals surface area contributed by atoms with Gasteiger partial charge in [0, 0.05) is 22.4 Å². The fourth-order valence-corrected chi connectivity index (χ4v) is 9.76. The summed E-state index contributed by atoms with van der Waals surface area (Å²) in [6.07, 6.45) is 0. The van der Waals surface area contributed by atoms with Gasteiger partial charge in [-0.15, -0.1) is 0 Å². The van der Waals surface area contributed by atoms with Gasteiger partial charge in [-0.3, -0.25) is 0 Å². The van der Waals surface area contributed by atoms with Gasteiger partial charge in [0.05, 0.1) is 5.69 Å². The van der Waals surface area contributed by atoms with Crippen LogP contribution in [0.4, 0.5) is 17.1 Å². The van der Waals surface area contributed by atoms with E-state index in [0.29, 0.717) is 0 Å². The fourth-order valence-electron chi connectivity index (χ4n) is 9.76. The highest BCUT2D eigenvalue weighted by atomic mass is 15.1. The molecule has 11 rings (SSSR count). The summed E-state index contributed by atoms with van der Waals surface area (Å²) in [6, 6.07) is 86.5. The molecule has 0 fully saturated rings. The highest BCUT2D eigenvalue weighted by Gasteiger charge is 2.37. The van der Waals surface area contributed by atoms with E-state index in [1.165, 1.54) is 88.7 Å². The summed E-state index contributed by atoms with van der Waals surface area (Å²) in [6.45, 7) is 4.73. The van der Waals surface area contributed by atoms with Crippen molar-refractivity contribution in [3.05, 3.63) is 248 Å². The van der Waals surface area contributed by atoms with Crippen LogP contribution in [0.1, 0.15) is 25.0 Å². The van der Waals surface area contributed by atoms with Gasteiger partial charge >= 0.3 is 0 Å². The molecule has 294 valence electrons. The number of hydrogen-bond acceptors (Lipinski definition) is 1. The van der Waals surface area contributed by atoms with Gasteiger partial charge in [0.25, 0.3) is 0 Å². The van der Waals surface area contributed by atoms with Gasteiger partial charge in [-0.2, -0.15) is 0 Å². The second-order valence-electron chi connectivity index (χ2n) is 16.9. The molecule has 0 radical (unpaired) electrons. The number of anilines is 3. The highest BCUT2D eigenvalue weighted by molar-refractivity contribution is 5.92. The van der Waals surface area contributed by atoms with E-state index in [-0.39, 0.29) is 5.41 Å². The Balaban J connectivity index is 0.952. The monoisotopic (exact) mass is 791 g/mol. The van der Waals surface area contributed by atoms with Gasteiger partial charge in [-0.25, -0.2) is 0 Å². The average molecular weight is 792 g/mol. The summed E-state index contributed by atoms with van der Waals surface area (Å²) >= 11 is 0. The minimum Gasteiger partial charge on any atom is -0.310 e. The lowest BCUT2D eigenvalue weighted by Crippen LogP contribution is -2.16. The third-order valence-corrected chi connectivity index (χ3v) is 12.8. The highest BCUT2D eigenvalue weighted by Crippen LogP contribution is 2.52. The summed E-state index contributed by atoms with van der Waals surface area (Å²) in [5.74, 6) is 0. The lowest BCUT2D eigenvalue weighted by atomic mass is 9.79. The molecule has 0 saturated heterocycles. The average Bonchev–Trinajstić information content (AvgIpc) is 3.58. The maximum absolute atomic E-state index is 2.40. The van der Waals surface area contributed by atoms with Crippen LogP contribution in [0, 0.1) is 0 Å². The van der Waals surface area contributed by atoms with Crippen molar-refractivity contribution in [2.75, 3.05) is 4.90 Å². The summed E-state index contributed by atoms with van der Waals surface area (Å²) in [7, 11) is 0. The van der Waals surface area contributed by atoms with Gasteiger partial charge in [0.1, 0.15) is 0 Å². The second kappa shape index (κ2) is 15.4. The number of fused-ring (bicyclic) bond motifs is 4. The molecule has 0 atom stereocenters. The number of hydrogen-bond donors (Lipinski definition) is 0. The van der Waals surface area contributed by atoms with E-state index in [1.54, 1.807) is 0 Å². The molecule has 1 aliphatic rings. The van der Waals surface area contributed by atoms with Crippen molar-refractivity contribution in [1.29, 1.82) is 0 Å². The Morgan fingerprint density at radius 1 is 0.290 bits per heavy atom. The normalized spacial score (nSPS) is 12.5. The van der Waals surface area contributed by atoms with Crippen molar-refractivity contribution in [2.45, 2.75) is 19.3 Å². The van der Waals surface area contributed by atoms with Crippen molar-refractivity contribution in [1.82, 2.24) is 0 Å². The summed E-state index contributed by atoms with van der Waals surface area (Å²) in [4.78, 5) is 2.40. The smallest absolute Gasteiger partial charge is 0.0540 e. The van der Waals surface area contributed by atoms with Crippen LogP contribution in [0.5, 0.6) is 0 Å². The largest absolute Gasteiger partial charge is 0.310 e. The molecule has 10 aromatic carbocycles. The quantitative estimate of drug-likeness (QED) is 0.148. The van der Waals surface area contributed by atoms with E-state index in [1.807, 2.05) is 0 Å². The van der Waals surface area contributed by atoms with Gasteiger partial charge in [0.15, 0.2) is 0 Å². The molecule has 0 heterocycles. The first kappa shape index (κ1) is 37.3. The Bertz CT molecular complexity index is 3250. The van der Waals surface area contributed by atoms with Gasteiger partial charge in [-0.05, 0) is 132 Å². The first-order valence-electron chi connectivity index (χ1n) is 21.6. The first-order chi connectivity index (χ1) is 30.5. The van der Waals surface area contributed by atoms with E-state index in [9.17, 15) is 0 Å². The molecule has 0 bridgehead atoms. The maximum Gasteiger partial charge on any atom is 0.0540 e. The third-order valence-electron chi connectivity index (χ3n) is 12.8. The van der Waals surface area contributed by atoms with Crippen LogP contribution in [0.15, 0.2) is 237 Å². The predicted octanol–water partition coefficient (Wildman–Crippen LogP) is 17.0. The molecule has 0 aliphatic heterocycles. The molecular formula is C61H45N. The van der Waals surface area contributed by atoms with Gasteiger partial charge < -0.3 is 4.90 Å². The van der Waals surface area contributed by atoms with E-state index < -0.39 is 0 Å². The molecular weight excluding hydrogens is 747 g/mol. The minimum absolute atomic E-state index is 0.0922. The summed E-state index contributed by atoms with van der Waals surface area (Å²) < 4.78 is 0. The van der Waals surface area contributed by atoms with Crippen LogP contribution < -0.4 is 4.90 Å². The van der Waals surface area contributed by atoms with Crippen LogP contribution in [0.25, 0.3) is 77.5 Å². The lowest BCUT2D eigenvalue weighted by Gasteiger charge is -2.28. The zero-order chi connectivity index (χ0) is 41.6. The predicted molar refractivity (Wildman–Crippen MR) is 263 cm³/mol. The SMILES string of the molecule is CC1(C)c2ccccc2-c2cccc(-c3ccc(N(c4ccc(-c5cccc(-c6cccc(-c7ccc8ccccc8c7)c6)c5)cc4)c4ccccc4-c4ccccc4)cc3)c21. The fraction of sp³-hybridized carbons (Fsp3) is 0.0492. The van der Waals surface area contributed by atoms with Crippen molar-refractivity contribution in [2.24, 2.45) is 0 Å². The van der Waals surface area contributed by atoms with E-state index >= 15 is 0 Å². The zero-order valence-electron chi connectivity index (χ0n) is 35.0. The zero-order valence-corrected chi connectivity index (χ0v) is 35.0. The van der Waals surface area contributed by atoms with Crippen LogP contribution in [-0.2, 0) is 5.41 Å². The van der Waals surface area contributed by atoms with Crippen molar-refractivity contribution >= 4 is 27.8 Å². The summed E-state index contributed by atoms with van der Waals surface area (Å²) in [5, 5.41) is 2.51. The molecule has 0 saturated carbocycles. The van der Waals surface area contributed by atoms with E-state index in [0.717, 1.165) is 17.1 Å². The van der Waals surface area contributed by atoms with E-state index in [2.05, 4.69) is 255 Å². The third kappa shape index (κ3) is 6.60. The Morgan fingerprint density at radius 2 is 0.742 bits per heavy atom. The molecule has 0 spiro atoms. The minimum atomic E-state index is -0.0922. The van der Waals surface area contributed by atoms with Crippen LogP contribution in [0.3, 0.4) is 0 Å². The van der Waals surface area contributed by atoms with Crippen molar-refractivity contribution < 1.29 is 0 Å². The molecule has 0 amide bonds. The Hall–Kier alpha value is -7.74. The Morgan fingerprint density at radius 3 is 1.44 bits per heavy atom. The van der Waals surface area contributed by atoms with Crippen molar-refractivity contribution in [3.8, 4) is 66.8 Å². The number of rotatable bonds is 8. The Kier molecular flexibility index (Phi) is 9.24. The summed E-state index contributed by atoms with van der Waals surface area (Å²) in [5.41, 5.74) is 20.8. The second-order valence-corrected chi connectivity index (χ2v) is 16.9. The van der Waals surface area contributed by atoms with E-state index in [4.69, 9.17) is 0 Å². The Labute approximate surface area is 364 Å².